The molecule has 0 saturated carbocycles. The first-order chi connectivity index (χ1) is 8.77. The van der Waals surface area contributed by atoms with Crippen LogP contribution >= 0.6 is 0 Å². The quantitative estimate of drug-likeness (QED) is 0.677. The maximum atomic E-state index is 11.6. The molecule has 1 heterocycles. The van der Waals surface area contributed by atoms with Crippen LogP contribution in [0.5, 0.6) is 0 Å². The number of unbranched alkanes of at least 4 members (excludes halogenated alkanes) is 1. The summed E-state index contributed by atoms with van der Waals surface area (Å²) >= 11 is 0. The van der Waals surface area contributed by atoms with E-state index in [0.29, 0.717) is 31.2 Å². The number of amides is 1. The van der Waals surface area contributed by atoms with E-state index in [-0.39, 0.29) is 5.91 Å². The fourth-order valence-electron chi connectivity index (χ4n) is 1.30. The van der Waals surface area contributed by atoms with Crippen molar-refractivity contribution >= 4 is 11.7 Å². The van der Waals surface area contributed by atoms with E-state index in [1.807, 2.05) is 0 Å². The molecule has 6 heteroatoms. The number of ether oxygens (including phenoxy) is 1. The number of carbonyl (C=O) groups excluding carboxylic acids is 1. The molecular formula is C12H20N4O2. The van der Waals surface area contributed by atoms with Crippen LogP contribution in [0.4, 0.5) is 5.82 Å². The topological polar surface area (TPSA) is 76.1 Å². The molecule has 0 unspecified atom stereocenters. The largest absolute Gasteiger partial charge is 0.383 e. The summed E-state index contributed by atoms with van der Waals surface area (Å²) in [6.45, 7) is 4.01. The standard InChI is InChI=1S/C12H20N4O2/c1-3-4-7-14-12(17)10-5-6-11(16-15-10)13-8-9-18-2/h5-6H,3-4,7-9H2,1-2H3,(H,13,16)(H,14,17). The van der Waals surface area contributed by atoms with Crippen molar-refractivity contribution in [2.75, 3.05) is 32.1 Å². The highest BCUT2D eigenvalue weighted by Crippen LogP contribution is 2.01. The molecule has 0 atom stereocenters. The second-order valence-corrected chi connectivity index (χ2v) is 3.83. The molecule has 0 saturated heterocycles. The summed E-state index contributed by atoms with van der Waals surface area (Å²) in [4.78, 5) is 11.6. The molecule has 1 aromatic heterocycles. The van der Waals surface area contributed by atoms with E-state index in [4.69, 9.17) is 4.74 Å². The molecule has 2 N–H and O–H groups in total. The number of hydrogen-bond donors (Lipinski definition) is 2. The van der Waals surface area contributed by atoms with Crippen LogP contribution in [0.25, 0.3) is 0 Å². The van der Waals surface area contributed by atoms with Crippen LogP contribution in [-0.4, -0.2) is 42.9 Å². The van der Waals surface area contributed by atoms with E-state index in [9.17, 15) is 4.79 Å². The van der Waals surface area contributed by atoms with Crippen molar-refractivity contribution in [2.24, 2.45) is 0 Å². The van der Waals surface area contributed by atoms with Crippen LogP contribution in [-0.2, 0) is 4.74 Å². The van der Waals surface area contributed by atoms with Gasteiger partial charge in [0.2, 0.25) is 0 Å². The monoisotopic (exact) mass is 252 g/mol. The van der Waals surface area contributed by atoms with Gasteiger partial charge in [-0.3, -0.25) is 4.79 Å². The van der Waals surface area contributed by atoms with Gasteiger partial charge >= 0.3 is 0 Å². The van der Waals surface area contributed by atoms with Crippen molar-refractivity contribution in [3.05, 3.63) is 17.8 Å². The average Bonchev–Trinajstić information content (AvgIpc) is 2.40. The number of nitrogens with one attached hydrogen (secondary N) is 2. The lowest BCUT2D eigenvalue weighted by Gasteiger charge is -2.05. The molecule has 0 aliphatic rings. The number of aromatic nitrogens is 2. The summed E-state index contributed by atoms with van der Waals surface area (Å²) in [5, 5.41) is 13.6. The number of methoxy groups -OCH3 is 1. The third-order valence-electron chi connectivity index (χ3n) is 2.33. The van der Waals surface area contributed by atoms with Gasteiger partial charge in [-0.25, -0.2) is 0 Å². The van der Waals surface area contributed by atoms with Gasteiger partial charge in [-0.1, -0.05) is 13.3 Å². The predicted octanol–water partition coefficient (Wildman–Crippen LogP) is 1.06. The molecule has 18 heavy (non-hydrogen) atoms. The lowest BCUT2D eigenvalue weighted by atomic mass is 10.3. The van der Waals surface area contributed by atoms with Crippen molar-refractivity contribution in [2.45, 2.75) is 19.8 Å². The summed E-state index contributed by atoms with van der Waals surface area (Å²) in [7, 11) is 1.64. The molecule has 0 fully saturated rings. The molecule has 1 amide bonds. The molecule has 6 nitrogen and oxygen atoms in total. The number of carbonyl (C=O) groups is 1. The second kappa shape index (κ2) is 8.41. The van der Waals surface area contributed by atoms with Crippen molar-refractivity contribution in [1.82, 2.24) is 15.5 Å². The van der Waals surface area contributed by atoms with Gasteiger partial charge in [0.1, 0.15) is 5.82 Å². The van der Waals surface area contributed by atoms with Crippen LogP contribution in [0.15, 0.2) is 12.1 Å². The Morgan fingerprint density at radius 3 is 2.78 bits per heavy atom. The van der Waals surface area contributed by atoms with Gasteiger partial charge in [-0.2, -0.15) is 0 Å². The first-order valence-corrected chi connectivity index (χ1v) is 6.12. The summed E-state index contributed by atoms with van der Waals surface area (Å²) in [5.41, 5.74) is 0.336. The Kier molecular flexibility index (Phi) is 6.71. The smallest absolute Gasteiger partial charge is 0.271 e. The van der Waals surface area contributed by atoms with Crippen molar-refractivity contribution < 1.29 is 9.53 Å². The minimum absolute atomic E-state index is 0.181. The number of rotatable bonds is 8. The van der Waals surface area contributed by atoms with Crippen LogP contribution < -0.4 is 10.6 Å². The average molecular weight is 252 g/mol. The first kappa shape index (κ1) is 14.4. The first-order valence-electron chi connectivity index (χ1n) is 6.12. The van der Waals surface area contributed by atoms with Gasteiger partial charge in [-0.15, -0.1) is 10.2 Å². The third kappa shape index (κ3) is 5.09. The highest BCUT2D eigenvalue weighted by molar-refractivity contribution is 5.92. The van der Waals surface area contributed by atoms with Gasteiger partial charge in [0, 0.05) is 20.2 Å². The number of anilines is 1. The predicted molar refractivity (Wildman–Crippen MR) is 69.6 cm³/mol. The molecule has 1 rings (SSSR count). The van der Waals surface area contributed by atoms with Gasteiger partial charge < -0.3 is 15.4 Å². The Balaban J connectivity index is 2.41. The molecule has 1 aromatic rings. The zero-order valence-electron chi connectivity index (χ0n) is 10.9. The normalized spacial score (nSPS) is 10.1. The molecule has 0 radical (unpaired) electrons. The van der Waals surface area contributed by atoms with Gasteiger partial charge in [0.15, 0.2) is 5.69 Å². The van der Waals surface area contributed by atoms with E-state index < -0.39 is 0 Å². The highest BCUT2D eigenvalue weighted by Gasteiger charge is 2.06. The summed E-state index contributed by atoms with van der Waals surface area (Å²) in [6.07, 6.45) is 2.02. The lowest BCUT2D eigenvalue weighted by molar-refractivity contribution is 0.0947. The minimum atomic E-state index is -0.181. The molecule has 100 valence electrons. The van der Waals surface area contributed by atoms with E-state index in [0.717, 1.165) is 12.8 Å². The summed E-state index contributed by atoms with van der Waals surface area (Å²) in [5.74, 6) is 0.455. The summed E-state index contributed by atoms with van der Waals surface area (Å²) in [6, 6.07) is 3.39. The van der Waals surface area contributed by atoms with E-state index in [1.165, 1.54) is 0 Å². The fourth-order valence-corrected chi connectivity index (χ4v) is 1.30. The van der Waals surface area contributed by atoms with Crippen LogP contribution in [0, 0.1) is 0 Å². The Morgan fingerprint density at radius 1 is 1.33 bits per heavy atom. The fraction of sp³-hybridized carbons (Fsp3) is 0.583. The van der Waals surface area contributed by atoms with Gasteiger partial charge in [0.25, 0.3) is 5.91 Å². The Labute approximate surface area is 107 Å². The second-order valence-electron chi connectivity index (χ2n) is 3.83. The van der Waals surface area contributed by atoms with E-state index >= 15 is 0 Å². The minimum Gasteiger partial charge on any atom is -0.383 e. The molecule has 0 bridgehead atoms. The molecular weight excluding hydrogens is 232 g/mol. The van der Waals surface area contributed by atoms with E-state index in [2.05, 4.69) is 27.8 Å². The lowest BCUT2D eigenvalue weighted by Crippen LogP contribution is -2.25. The SMILES string of the molecule is CCCCNC(=O)c1ccc(NCCOC)nn1. The van der Waals surface area contributed by atoms with Gasteiger partial charge in [0.05, 0.1) is 6.61 Å². The molecule has 0 aromatic carbocycles. The van der Waals surface area contributed by atoms with Crippen LogP contribution in [0.3, 0.4) is 0 Å². The highest BCUT2D eigenvalue weighted by atomic mass is 16.5. The Morgan fingerprint density at radius 2 is 2.17 bits per heavy atom. The van der Waals surface area contributed by atoms with Crippen LogP contribution in [0.2, 0.25) is 0 Å². The van der Waals surface area contributed by atoms with Crippen LogP contribution in [0.1, 0.15) is 30.3 Å². The van der Waals surface area contributed by atoms with Crippen molar-refractivity contribution in [3.8, 4) is 0 Å². The molecule has 0 aliphatic carbocycles. The maximum absolute atomic E-state index is 11.6. The summed E-state index contributed by atoms with van der Waals surface area (Å²) < 4.78 is 4.91. The zero-order chi connectivity index (χ0) is 13.2. The Bertz CT molecular complexity index is 354. The Hall–Kier alpha value is -1.69. The van der Waals surface area contributed by atoms with Crippen molar-refractivity contribution in [3.63, 3.8) is 0 Å². The van der Waals surface area contributed by atoms with Gasteiger partial charge in [-0.05, 0) is 18.6 Å². The number of nitrogens with zero attached hydrogens (tertiary/aromatic N) is 2. The number of hydrogen-bond acceptors (Lipinski definition) is 5. The van der Waals surface area contributed by atoms with E-state index in [1.54, 1.807) is 19.2 Å². The van der Waals surface area contributed by atoms with Crippen molar-refractivity contribution in [1.29, 1.82) is 0 Å². The maximum Gasteiger partial charge on any atom is 0.271 e. The molecule has 0 aliphatic heterocycles. The zero-order valence-corrected chi connectivity index (χ0v) is 10.9. The third-order valence-corrected chi connectivity index (χ3v) is 2.33. The molecule has 0 spiro atoms.